The molecule has 0 atom stereocenters. The molecule has 1 heterocycles. The predicted octanol–water partition coefficient (Wildman–Crippen LogP) is 2.51. The molecule has 100 valence electrons. The average molecular weight is 323 g/mol. The van der Waals surface area contributed by atoms with Crippen molar-refractivity contribution in [2.24, 2.45) is 0 Å². The maximum Gasteiger partial charge on any atom is 0.276 e. The highest BCUT2D eigenvalue weighted by Crippen LogP contribution is 2.15. The second-order valence-electron chi connectivity index (χ2n) is 4.01. The van der Waals surface area contributed by atoms with Gasteiger partial charge in [0, 0.05) is 17.6 Å². The SMILES string of the molecule is CCN(CC)C(=O)c1cn(-c2cccc(Br)c2)nn1. The van der Waals surface area contributed by atoms with Crippen LogP contribution in [0, 0.1) is 0 Å². The Morgan fingerprint density at radius 2 is 2.11 bits per heavy atom. The van der Waals surface area contributed by atoms with Gasteiger partial charge in [-0.2, -0.15) is 0 Å². The van der Waals surface area contributed by atoms with Crippen LogP contribution >= 0.6 is 15.9 Å². The first kappa shape index (κ1) is 13.7. The van der Waals surface area contributed by atoms with E-state index in [0.29, 0.717) is 18.8 Å². The molecule has 0 fully saturated rings. The van der Waals surface area contributed by atoms with Gasteiger partial charge in [-0.1, -0.05) is 27.2 Å². The quantitative estimate of drug-likeness (QED) is 0.869. The van der Waals surface area contributed by atoms with Crippen LogP contribution in [0.25, 0.3) is 5.69 Å². The summed E-state index contributed by atoms with van der Waals surface area (Å²) in [6.45, 7) is 5.22. The molecule has 0 aliphatic rings. The van der Waals surface area contributed by atoms with E-state index in [1.165, 1.54) is 0 Å². The van der Waals surface area contributed by atoms with Crippen LogP contribution in [0.1, 0.15) is 24.3 Å². The molecular weight excluding hydrogens is 308 g/mol. The highest BCUT2D eigenvalue weighted by molar-refractivity contribution is 9.10. The standard InChI is InChI=1S/C13H15BrN4O/c1-3-17(4-2)13(19)12-9-18(16-15-12)11-7-5-6-10(14)8-11/h5-9H,3-4H2,1-2H3. The van der Waals surface area contributed by atoms with E-state index in [1.54, 1.807) is 15.8 Å². The Kier molecular flexibility index (Phi) is 4.31. The van der Waals surface area contributed by atoms with Crippen LogP contribution in [0.5, 0.6) is 0 Å². The Morgan fingerprint density at radius 1 is 1.37 bits per heavy atom. The molecule has 6 heteroatoms. The largest absolute Gasteiger partial charge is 0.338 e. The zero-order valence-corrected chi connectivity index (χ0v) is 12.5. The van der Waals surface area contributed by atoms with Crippen molar-refractivity contribution < 1.29 is 4.79 Å². The van der Waals surface area contributed by atoms with Crippen molar-refractivity contribution in [1.29, 1.82) is 0 Å². The van der Waals surface area contributed by atoms with Crippen molar-refractivity contribution in [2.75, 3.05) is 13.1 Å². The lowest BCUT2D eigenvalue weighted by Gasteiger charge is -2.16. The van der Waals surface area contributed by atoms with Crippen molar-refractivity contribution in [2.45, 2.75) is 13.8 Å². The number of carbonyl (C=O) groups is 1. The zero-order chi connectivity index (χ0) is 13.8. The third-order valence-electron chi connectivity index (χ3n) is 2.84. The summed E-state index contributed by atoms with van der Waals surface area (Å²) in [5.74, 6) is -0.0914. The second-order valence-corrected chi connectivity index (χ2v) is 4.92. The van der Waals surface area contributed by atoms with E-state index in [1.807, 2.05) is 38.1 Å². The summed E-state index contributed by atoms with van der Waals surface area (Å²) in [6, 6.07) is 7.67. The van der Waals surface area contributed by atoms with Crippen LogP contribution in [-0.2, 0) is 0 Å². The van der Waals surface area contributed by atoms with Crippen molar-refractivity contribution in [3.8, 4) is 5.69 Å². The highest BCUT2D eigenvalue weighted by Gasteiger charge is 2.16. The Labute approximate surface area is 120 Å². The summed E-state index contributed by atoms with van der Waals surface area (Å²) in [5.41, 5.74) is 1.23. The topological polar surface area (TPSA) is 51.0 Å². The maximum absolute atomic E-state index is 12.1. The summed E-state index contributed by atoms with van der Waals surface area (Å²) in [6.07, 6.45) is 1.66. The van der Waals surface area contributed by atoms with E-state index in [0.717, 1.165) is 10.2 Å². The molecule has 5 nitrogen and oxygen atoms in total. The molecule has 0 bridgehead atoms. The van der Waals surface area contributed by atoms with Crippen molar-refractivity contribution in [3.63, 3.8) is 0 Å². The van der Waals surface area contributed by atoms with Gasteiger partial charge in [0.25, 0.3) is 5.91 Å². The smallest absolute Gasteiger partial charge is 0.276 e. The van der Waals surface area contributed by atoms with Gasteiger partial charge in [-0.3, -0.25) is 4.79 Å². The Hall–Kier alpha value is -1.69. The van der Waals surface area contributed by atoms with Crippen LogP contribution in [-0.4, -0.2) is 38.9 Å². The van der Waals surface area contributed by atoms with E-state index in [2.05, 4.69) is 26.2 Å². The number of carbonyl (C=O) groups excluding carboxylic acids is 1. The first-order valence-corrected chi connectivity index (χ1v) is 6.92. The van der Waals surface area contributed by atoms with E-state index in [4.69, 9.17) is 0 Å². The number of hydrogen-bond acceptors (Lipinski definition) is 3. The fourth-order valence-electron chi connectivity index (χ4n) is 1.78. The van der Waals surface area contributed by atoms with Gasteiger partial charge >= 0.3 is 0 Å². The van der Waals surface area contributed by atoms with Gasteiger partial charge in [0.2, 0.25) is 0 Å². The first-order chi connectivity index (χ1) is 9.15. The van der Waals surface area contributed by atoms with Gasteiger partial charge in [0.05, 0.1) is 11.9 Å². The molecule has 0 saturated carbocycles. The molecule has 0 aliphatic carbocycles. The van der Waals surface area contributed by atoms with E-state index in [-0.39, 0.29) is 5.91 Å². The summed E-state index contributed by atoms with van der Waals surface area (Å²) >= 11 is 3.40. The van der Waals surface area contributed by atoms with Gasteiger partial charge in [-0.05, 0) is 32.0 Å². The number of rotatable bonds is 4. The first-order valence-electron chi connectivity index (χ1n) is 6.13. The molecule has 1 aromatic carbocycles. The van der Waals surface area contributed by atoms with Crippen LogP contribution in [0.15, 0.2) is 34.9 Å². The van der Waals surface area contributed by atoms with E-state index >= 15 is 0 Å². The monoisotopic (exact) mass is 322 g/mol. The summed E-state index contributed by atoms with van der Waals surface area (Å²) in [5, 5.41) is 7.94. The lowest BCUT2D eigenvalue weighted by atomic mass is 10.3. The van der Waals surface area contributed by atoms with Gasteiger partial charge in [0.15, 0.2) is 5.69 Å². The van der Waals surface area contributed by atoms with Gasteiger partial charge < -0.3 is 4.90 Å². The number of benzene rings is 1. The molecule has 0 unspecified atom stereocenters. The fourth-order valence-corrected chi connectivity index (χ4v) is 2.17. The van der Waals surface area contributed by atoms with Crippen LogP contribution in [0.2, 0.25) is 0 Å². The van der Waals surface area contributed by atoms with Gasteiger partial charge in [-0.15, -0.1) is 5.10 Å². The molecular formula is C13H15BrN4O. The lowest BCUT2D eigenvalue weighted by molar-refractivity contribution is 0.0767. The zero-order valence-electron chi connectivity index (χ0n) is 10.9. The number of aromatic nitrogens is 3. The molecule has 1 amide bonds. The highest BCUT2D eigenvalue weighted by atomic mass is 79.9. The molecule has 2 rings (SSSR count). The maximum atomic E-state index is 12.1. The number of nitrogens with zero attached hydrogens (tertiary/aromatic N) is 4. The van der Waals surface area contributed by atoms with Crippen LogP contribution in [0.4, 0.5) is 0 Å². The van der Waals surface area contributed by atoms with Gasteiger partial charge in [0.1, 0.15) is 0 Å². The van der Waals surface area contributed by atoms with Crippen molar-refractivity contribution in [1.82, 2.24) is 19.9 Å². The lowest BCUT2D eigenvalue weighted by Crippen LogP contribution is -2.30. The van der Waals surface area contributed by atoms with Crippen LogP contribution < -0.4 is 0 Å². The average Bonchev–Trinajstić information content (AvgIpc) is 2.89. The second kappa shape index (κ2) is 5.97. The molecule has 0 spiro atoms. The number of amides is 1. The van der Waals surface area contributed by atoms with E-state index in [9.17, 15) is 4.79 Å². The van der Waals surface area contributed by atoms with Crippen LogP contribution in [0.3, 0.4) is 0 Å². The molecule has 0 saturated heterocycles. The number of hydrogen-bond donors (Lipinski definition) is 0. The minimum absolute atomic E-state index is 0.0914. The normalized spacial score (nSPS) is 10.5. The Bertz CT molecular complexity index is 578. The molecule has 1 aromatic heterocycles. The predicted molar refractivity (Wildman–Crippen MR) is 76.3 cm³/mol. The van der Waals surface area contributed by atoms with Crippen molar-refractivity contribution in [3.05, 3.63) is 40.6 Å². The molecule has 0 radical (unpaired) electrons. The summed E-state index contributed by atoms with van der Waals surface area (Å²) < 4.78 is 2.55. The fraction of sp³-hybridized carbons (Fsp3) is 0.308. The molecule has 2 aromatic rings. The molecule has 19 heavy (non-hydrogen) atoms. The van der Waals surface area contributed by atoms with Crippen molar-refractivity contribution >= 4 is 21.8 Å². The minimum atomic E-state index is -0.0914. The third kappa shape index (κ3) is 3.01. The number of halogens is 1. The minimum Gasteiger partial charge on any atom is -0.338 e. The van der Waals surface area contributed by atoms with Gasteiger partial charge in [-0.25, -0.2) is 4.68 Å². The summed E-state index contributed by atoms with van der Waals surface area (Å²) in [4.78, 5) is 13.8. The summed E-state index contributed by atoms with van der Waals surface area (Å²) in [7, 11) is 0. The van der Waals surface area contributed by atoms with E-state index < -0.39 is 0 Å². The third-order valence-corrected chi connectivity index (χ3v) is 3.33. The Balaban J connectivity index is 2.26. The Morgan fingerprint density at radius 3 is 2.74 bits per heavy atom. The molecule has 0 aliphatic heterocycles. The molecule has 0 N–H and O–H groups in total.